The van der Waals surface area contributed by atoms with Gasteiger partial charge in [0.15, 0.2) is 0 Å². The zero-order valence-electron chi connectivity index (χ0n) is 12.6. The Morgan fingerprint density at radius 2 is 1.88 bits per heavy atom. The predicted octanol–water partition coefficient (Wildman–Crippen LogP) is 5.18. The lowest BCUT2D eigenvalue weighted by atomic mass is 10.1. The van der Waals surface area contributed by atoms with Gasteiger partial charge in [-0.3, -0.25) is 0 Å². The molecule has 0 spiro atoms. The molecule has 3 rings (SSSR count). The Hall–Kier alpha value is -3.07. The van der Waals surface area contributed by atoms with E-state index in [1.807, 2.05) is 31.2 Å². The fraction of sp³-hybridized carbons (Fsp3) is 0.111. The van der Waals surface area contributed by atoms with Crippen molar-refractivity contribution in [1.82, 2.24) is 4.98 Å². The van der Waals surface area contributed by atoms with Crippen molar-refractivity contribution in [2.75, 3.05) is 5.32 Å². The number of rotatable bonds is 2. The van der Waals surface area contributed by atoms with Crippen LogP contribution < -0.4 is 5.32 Å². The molecule has 0 radical (unpaired) electrons. The van der Waals surface area contributed by atoms with Crippen molar-refractivity contribution >= 4 is 22.4 Å². The standard InChI is InChI=1S/C18H12F3N3/c1-11-5-6-16-12(7-11)8-13(10-22)17(24-16)23-15-4-2-3-14(9-15)18(19,20)21/h2-9H,1H3,(H,23,24). The third-order valence-electron chi connectivity index (χ3n) is 3.54. The van der Waals surface area contributed by atoms with Crippen LogP contribution in [0.25, 0.3) is 10.9 Å². The minimum absolute atomic E-state index is 0.222. The van der Waals surface area contributed by atoms with Crippen LogP contribution in [0, 0.1) is 18.3 Å². The number of halogens is 3. The highest BCUT2D eigenvalue weighted by Gasteiger charge is 2.30. The normalized spacial score (nSPS) is 11.3. The lowest BCUT2D eigenvalue weighted by Gasteiger charge is -2.12. The molecule has 24 heavy (non-hydrogen) atoms. The average molecular weight is 327 g/mol. The van der Waals surface area contributed by atoms with Crippen LogP contribution in [0.2, 0.25) is 0 Å². The van der Waals surface area contributed by atoms with Crippen molar-refractivity contribution in [3.8, 4) is 6.07 Å². The van der Waals surface area contributed by atoms with Gasteiger partial charge in [-0.25, -0.2) is 4.98 Å². The van der Waals surface area contributed by atoms with Crippen molar-refractivity contribution in [2.45, 2.75) is 13.1 Å². The highest BCUT2D eigenvalue weighted by atomic mass is 19.4. The van der Waals surface area contributed by atoms with Crippen molar-refractivity contribution in [2.24, 2.45) is 0 Å². The maximum Gasteiger partial charge on any atom is 0.416 e. The fourth-order valence-electron chi connectivity index (χ4n) is 2.39. The Balaban J connectivity index is 2.04. The second-order valence-corrected chi connectivity index (χ2v) is 5.40. The highest BCUT2D eigenvalue weighted by molar-refractivity contribution is 5.84. The first-order valence-electron chi connectivity index (χ1n) is 7.12. The fourth-order valence-corrected chi connectivity index (χ4v) is 2.39. The second-order valence-electron chi connectivity index (χ2n) is 5.40. The highest BCUT2D eigenvalue weighted by Crippen LogP contribution is 2.32. The minimum Gasteiger partial charge on any atom is -0.339 e. The van der Waals surface area contributed by atoms with E-state index in [0.717, 1.165) is 23.1 Å². The number of hydrogen-bond donors (Lipinski definition) is 1. The summed E-state index contributed by atoms with van der Waals surface area (Å²) in [6.45, 7) is 1.93. The molecule has 0 aliphatic rings. The Labute approximate surface area is 136 Å². The van der Waals surface area contributed by atoms with E-state index in [1.165, 1.54) is 12.1 Å². The maximum absolute atomic E-state index is 12.8. The first-order valence-corrected chi connectivity index (χ1v) is 7.12. The molecular weight excluding hydrogens is 315 g/mol. The van der Waals surface area contributed by atoms with E-state index >= 15 is 0 Å². The third kappa shape index (κ3) is 3.15. The number of pyridine rings is 1. The Morgan fingerprint density at radius 1 is 1.08 bits per heavy atom. The molecule has 0 aliphatic heterocycles. The molecule has 2 aromatic carbocycles. The van der Waals surface area contributed by atoms with E-state index in [0.29, 0.717) is 5.52 Å². The first kappa shape index (κ1) is 15.8. The lowest BCUT2D eigenvalue weighted by molar-refractivity contribution is -0.137. The van der Waals surface area contributed by atoms with Gasteiger partial charge < -0.3 is 5.32 Å². The number of fused-ring (bicyclic) bond motifs is 1. The van der Waals surface area contributed by atoms with E-state index < -0.39 is 11.7 Å². The second kappa shape index (κ2) is 5.85. The van der Waals surface area contributed by atoms with Crippen LogP contribution in [-0.2, 0) is 6.18 Å². The number of benzene rings is 2. The molecule has 3 nitrogen and oxygen atoms in total. The molecule has 0 aliphatic carbocycles. The van der Waals surface area contributed by atoms with Gasteiger partial charge in [0.25, 0.3) is 0 Å². The van der Waals surface area contributed by atoms with Crippen LogP contribution in [0.15, 0.2) is 48.5 Å². The number of nitrogens with zero attached hydrogens (tertiary/aromatic N) is 2. The molecule has 1 N–H and O–H groups in total. The first-order chi connectivity index (χ1) is 11.4. The summed E-state index contributed by atoms with van der Waals surface area (Å²) in [6.07, 6.45) is -4.43. The van der Waals surface area contributed by atoms with Crippen LogP contribution in [0.3, 0.4) is 0 Å². The van der Waals surface area contributed by atoms with Crippen LogP contribution in [-0.4, -0.2) is 4.98 Å². The van der Waals surface area contributed by atoms with Gasteiger partial charge in [0, 0.05) is 11.1 Å². The van der Waals surface area contributed by atoms with Gasteiger partial charge in [-0.15, -0.1) is 0 Å². The number of hydrogen-bond acceptors (Lipinski definition) is 3. The van der Waals surface area contributed by atoms with Gasteiger partial charge in [0.1, 0.15) is 11.9 Å². The Kier molecular flexibility index (Phi) is 3.86. The number of aryl methyl sites for hydroxylation is 1. The zero-order valence-corrected chi connectivity index (χ0v) is 12.6. The van der Waals surface area contributed by atoms with Crippen LogP contribution >= 0.6 is 0 Å². The van der Waals surface area contributed by atoms with Gasteiger partial charge in [-0.2, -0.15) is 18.4 Å². The van der Waals surface area contributed by atoms with Crippen LogP contribution in [0.4, 0.5) is 24.7 Å². The molecular formula is C18H12F3N3. The number of alkyl halides is 3. The number of nitriles is 1. The molecule has 0 unspecified atom stereocenters. The third-order valence-corrected chi connectivity index (χ3v) is 3.54. The van der Waals surface area contributed by atoms with Gasteiger partial charge in [0.05, 0.1) is 16.6 Å². The quantitative estimate of drug-likeness (QED) is 0.706. The summed E-state index contributed by atoms with van der Waals surface area (Å²) in [5.74, 6) is 0.230. The Bertz CT molecular complexity index is 956. The predicted molar refractivity (Wildman–Crippen MR) is 85.9 cm³/mol. The van der Waals surface area contributed by atoms with E-state index in [1.54, 1.807) is 6.07 Å². The molecule has 0 saturated carbocycles. The summed E-state index contributed by atoms with van der Waals surface area (Å²) in [7, 11) is 0. The van der Waals surface area contributed by atoms with Crippen molar-refractivity contribution in [1.29, 1.82) is 5.26 Å². The molecule has 0 atom stereocenters. The summed E-state index contributed by atoms with van der Waals surface area (Å²) in [6, 6.07) is 14.1. The number of anilines is 2. The number of nitrogens with one attached hydrogen (secondary N) is 1. The molecule has 0 amide bonds. The summed E-state index contributed by atoms with van der Waals surface area (Å²) >= 11 is 0. The molecule has 0 saturated heterocycles. The van der Waals surface area contributed by atoms with Crippen molar-refractivity contribution in [3.63, 3.8) is 0 Å². The summed E-state index contributed by atoms with van der Waals surface area (Å²) in [5, 5.41) is 12.9. The molecule has 6 heteroatoms. The molecule has 1 aromatic heterocycles. The largest absolute Gasteiger partial charge is 0.416 e. The summed E-state index contributed by atoms with van der Waals surface area (Å²) in [4.78, 5) is 4.36. The van der Waals surface area contributed by atoms with Gasteiger partial charge in [-0.1, -0.05) is 17.7 Å². The molecule has 120 valence electrons. The monoisotopic (exact) mass is 327 g/mol. The Morgan fingerprint density at radius 3 is 2.58 bits per heavy atom. The van der Waals surface area contributed by atoms with Gasteiger partial charge in [0.2, 0.25) is 0 Å². The van der Waals surface area contributed by atoms with E-state index in [9.17, 15) is 18.4 Å². The SMILES string of the molecule is Cc1ccc2nc(Nc3cccc(C(F)(F)F)c3)c(C#N)cc2c1. The topological polar surface area (TPSA) is 48.7 Å². The van der Waals surface area contributed by atoms with E-state index in [2.05, 4.69) is 10.3 Å². The summed E-state index contributed by atoms with van der Waals surface area (Å²) < 4.78 is 38.4. The van der Waals surface area contributed by atoms with Gasteiger partial charge in [-0.05, 0) is 43.3 Å². The zero-order chi connectivity index (χ0) is 17.3. The van der Waals surface area contributed by atoms with E-state index in [4.69, 9.17) is 0 Å². The van der Waals surface area contributed by atoms with Crippen molar-refractivity contribution < 1.29 is 13.2 Å². The number of aromatic nitrogens is 1. The summed E-state index contributed by atoms with van der Waals surface area (Å²) in [5.41, 5.74) is 1.43. The smallest absolute Gasteiger partial charge is 0.339 e. The minimum atomic E-state index is -4.43. The molecule has 0 bridgehead atoms. The molecule has 1 heterocycles. The van der Waals surface area contributed by atoms with Crippen LogP contribution in [0.1, 0.15) is 16.7 Å². The van der Waals surface area contributed by atoms with Crippen LogP contribution in [0.5, 0.6) is 0 Å². The van der Waals surface area contributed by atoms with Gasteiger partial charge >= 0.3 is 6.18 Å². The molecule has 3 aromatic rings. The van der Waals surface area contributed by atoms with E-state index in [-0.39, 0.29) is 17.1 Å². The van der Waals surface area contributed by atoms with Crippen molar-refractivity contribution in [3.05, 3.63) is 65.2 Å². The maximum atomic E-state index is 12.8. The average Bonchev–Trinajstić information content (AvgIpc) is 2.54. The molecule has 0 fully saturated rings. The lowest BCUT2D eigenvalue weighted by Crippen LogP contribution is -2.05.